The van der Waals surface area contributed by atoms with Crippen LogP contribution in [0.1, 0.15) is 18.1 Å². The normalized spacial score (nSPS) is 11.5. The second kappa shape index (κ2) is 8.58. The number of aryl methyl sites for hydroxylation is 1. The zero-order valence-electron chi connectivity index (χ0n) is 14.7. The van der Waals surface area contributed by atoms with Gasteiger partial charge in [0.15, 0.2) is 6.10 Å². The van der Waals surface area contributed by atoms with Gasteiger partial charge in [0.05, 0.1) is 19.2 Å². The van der Waals surface area contributed by atoms with Gasteiger partial charge in [-0.25, -0.2) is 0 Å². The predicted molar refractivity (Wildman–Crippen MR) is 98.7 cm³/mol. The quantitative estimate of drug-likeness (QED) is 0.753. The Bertz CT molecular complexity index is 804. The summed E-state index contributed by atoms with van der Waals surface area (Å²) in [5, 5.41) is 12.4. The number of hydrogen-bond acceptors (Lipinski definition) is 5. The van der Waals surface area contributed by atoms with Crippen molar-refractivity contribution in [2.45, 2.75) is 26.4 Å². The van der Waals surface area contributed by atoms with Crippen LogP contribution in [-0.2, 0) is 20.7 Å². The van der Waals surface area contributed by atoms with Crippen molar-refractivity contribution < 1.29 is 24.2 Å². The first-order valence-electron chi connectivity index (χ1n) is 7.92. The molecule has 0 bridgehead atoms. The van der Waals surface area contributed by atoms with E-state index in [0.717, 1.165) is 5.56 Å². The number of benzene rings is 2. The number of carbonyl (C=O) groups is 2. The molecule has 0 radical (unpaired) electrons. The fourth-order valence-electron chi connectivity index (χ4n) is 2.24. The first kappa shape index (κ1) is 19.6. The molecule has 1 atom stereocenters. The summed E-state index contributed by atoms with van der Waals surface area (Å²) in [5.74, 6) is -0.500. The number of esters is 1. The molecule has 0 saturated heterocycles. The number of ether oxygens (including phenoxy) is 2. The fourth-order valence-corrected chi connectivity index (χ4v) is 2.39. The molecule has 0 aliphatic heterocycles. The zero-order chi connectivity index (χ0) is 19.3. The summed E-state index contributed by atoms with van der Waals surface area (Å²) < 4.78 is 10.4. The van der Waals surface area contributed by atoms with Gasteiger partial charge in [0, 0.05) is 11.1 Å². The van der Waals surface area contributed by atoms with Crippen molar-refractivity contribution in [1.29, 1.82) is 0 Å². The number of rotatable bonds is 6. The highest BCUT2D eigenvalue weighted by molar-refractivity contribution is 6.31. The Morgan fingerprint density at radius 3 is 2.50 bits per heavy atom. The maximum Gasteiger partial charge on any atom is 0.311 e. The van der Waals surface area contributed by atoms with E-state index in [1.54, 1.807) is 31.2 Å². The molecule has 138 valence electrons. The van der Waals surface area contributed by atoms with Crippen LogP contribution in [0.15, 0.2) is 36.4 Å². The molecule has 2 N–H and O–H groups in total. The Hall–Kier alpha value is -2.73. The average molecular weight is 378 g/mol. The Labute approximate surface area is 156 Å². The summed E-state index contributed by atoms with van der Waals surface area (Å²) in [5.41, 5.74) is 1.90. The lowest BCUT2D eigenvalue weighted by Crippen LogP contribution is -2.30. The molecule has 0 unspecified atom stereocenters. The number of carbonyl (C=O) groups excluding carboxylic acids is 2. The van der Waals surface area contributed by atoms with E-state index in [0.29, 0.717) is 22.0 Å². The van der Waals surface area contributed by atoms with Crippen molar-refractivity contribution in [2.75, 3.05) is 12.4 Å². The summed E-state index contributed by atoms with van der Waals surface area (Å²) in [7, 11) is 1.47. The third kappa shape index (κ3) is 5.13. The largest absolute Gasteiger partial charge is 0.508 e. The molecule has 0 aliphatic carbocycles. The van der Waals surface area contributed by atoms with E-state index in [9.17, 15) is 14.7 Å². The second-order valence-electron chi connectivity index (χ2n) is 5.77. The van der Waals surface area contributed by atoms with Crippen molar-refractivity contribution in [3.63, 3.8) is 0 Å². The molecule has 2 rings (SSSR count). The van der Waals surface area contributed by atoms with Gasteiger partial charge in [0.1, 0.15) is 11.5 Å². The number of aromatic hydroxyl groups is 1. The van der Waals surface area contributed by atoms with Gasteiger partial charge in [0.25, 0.3) is 5.91 Å². The summed E-state index contributed by atoms with van der Waals surface area (Å²) in [6.07, 6.45) is -0.985. The van der Waals surface area contributed by atoms with Crippen LogP contribution >= 0.6 is 11.6 Å². The van der Waals surface area contributed by atoms with Crippen molar-refractivity contribution in [2.24, 2.45) is 0 Å². The topological polar surface area (TPSA) is 84.9 Å². The maximum absolute atomic E-state index is 12.3. The van der Waals surface area contributed by atoms with Crippen molar-refractivity contribution >= 4 is 29.2 Å². The molecule has 2 aromatic carbocycles. The minimum absolute atomic E-state index is 0.00126. The Balaban J connectivity index is 1.98. The van der Waals surface area contributed by atoms with Crippen LogP contribution < -0.4 is 10.1 Å². The number of phenolic OH excluding ortho intramolecular Hbond substituents is 1. The van der Waals surface area contributed by atoms with Crippen LogP contribution in [0.5, 0.6) is 11.5 Å². The first-order valence-corrected chi connectivity index (χ1v) is 8.30. The van der Waals surface area contributed by atoms with Crippen molar-refractivity contribution in [3.8, 4) is 11.5 Å². The highest BCUT2D eigenvalue weighted by Crippen LogP contribution is 2.31. The minimum Gasteiger partial charge on any atom is -0.508 e. The minimum atomic E-state index is -0.986. The average Bonchev–Trinajstić information content (AvgIpc) is 2.59. The van der Waals surface area contributed by atoms with Crippen LogP contribution in [0.25, 0.3) is 0 Å². The predicted octanol–water partition coefficient (Wildman–Crippen LogP) is 3.48. The molecular weight excluding hydrogens is 358 g/mol. The number of phenols is 1. The summed E-state index contributed by atoms with van der Waals surface area (Å²) in [4.78, 5) is 24.3. The van der Waals surface area contributed by atoms with E-state index in [4.69, 9.17) is 21.1 Å². The van der Waals surface area contributed by atoms with Gasteiger partial charge in [-0.1, -0.05) is 23.7 Å². The smallest absolute Gasteiger partial charge is 0.311 e. The third-order valence-corrected chi connectivity index (χ3v) is 4.11. The molecule has 1 amide bonds. The van der Waals surface area contributed by atoms with Gasteiger partial charge >= 0.3 is 5.97 Å². The Morgan fingerprint density at radius 2 is 1.88 bits per heavy atom. The number of nitrogens with one attached hydrogen (secondary N) is 1. The molecule has 0 aromatic heterocycles. The molecule has 0 aliphatic rings. The highest BCUT2D eigenvalue weighted by atomic mass is 35.5. The van der Waals surface area contributed by atoms with Crippen LogP contribution in [0, 0.1) is 6.92 Å². The number of anilines is 1. The molecule has 26 heavy (non-hydrogen) atoms. The molecule has 7 heteroatoms. The lowest BCUT2D eigenvalue weighted by atomic mass is 10.1. The monoisotopic (exact) mass is 377 g/mol. The Kier molecular flexibility index (Phi) is 6.46. The first-order chi connectivity index (χ1) is 12.3. The van der Waals surface area contributed by atoms with Gasteiger partial charge in [-0.15, -0.1) is 0 Å². The fraction of sp³-hybridized carbons (Fsp3) is 0.263. The third-order valence-electron chi connectivity index (χ3n) is 3.70. The molecule has 0 fully saturated rings. The van der Waals surface area contributed by atoms with Crippen LogP contribution in [0.4, 0.5) is 5.69 Å². The lowest BCUT2D eigenvalue weighted by Gasteiger charge is -2.16. The maximum atomic E-state index is 12.3. The highest BCUT2D eigenvalue weighted by Gasteiger charge is 2.20. The second-order valence-corrected chi connectivity index (χ2v) is 6.17. The molecule has 2 aromatic rings. The molecular formula is C19H20ClNO5. The van der Waals surface area contributed by atoms with Gasteiger partial charge in [-0.2, -0.15) is 0 Å². The van der Waals surface area contributed by atoms with Crippen molar-refractivity contribution in [3.05, 3.63) is 52.5 Å². The number of hydrogen-bond donors (Lipinski definition) is 2. The number of methoxy groups -OCH3 is 1. The molecule has 0 heterocycles. The summed E-state index contributed by atoms with van der Waals surface area (Å²) in [6, 6.07) is 9.48. The molecule has 0 spiro atoms. The van der Waals surface area contributed by atoms with Gasteiger partial charge in [-0.05, 0) is 43.2 Å². The SMILES string of the molecule is COc1cc(Cl)c(C)cc1NC(=O)[C@H](C)OC(=O)Cc1ccc(O)cc1. The van der Waals surface area contributed by atoms with Crippen LogP contribution in [-0.4, -0.2) is 30.2 Å². The van der Waals surface area contributed by atoms with Gasteiger partial charge < -0.3 is 19.9 Å². The lowest BCUT2D eigenvalue weighted by molar-refractivity contribution is -0.152. The Morgan fingerprint density at radius 1 is 1.23 bits per heavy atom. The summed E-state index contributed by atoms with van der Waals surface area (Å²) in [6.45, 7) is 3.29. The van der Waals surface area contributed by atoms with Crippen LogP contribution in [0.3, 0.4) is 0 Å². The number of amides is 1. The molecule has 6 nitrogen and oxygen atoms in total. The van der Waals surface area contributed by atoms with E-state index in [1.165, 1.54) is 26.2 Å². The van der Waals surface area contributed by atoms with Crippen molar-refractivity contribution in [1.82, 2.24) is 0 Å². The summed E-state index contributed by atoms with van der Waals surface area (Å²) >= 11 is 6.04. The van der Waals surface area contributed by atoms with E-state index in [2.05, 4.69) is 5.32 Å². The molecule has 0 saturated carbocycles. The van der Waals surface area contributed by atoms with Gasteiger partial charge in [-0.3, -0.25) is 9.59 Å². The standard InChI is InChI=1S/C19H20ClNO5/c1-11-8-16(17(25-3)10-15(11)20)21-19(24)12(2)26-18(23)9-13-4-6-14(22)7-5-13/h4-8,10,12,22H,9H2,1-3H3,(H,21,24)/t12-/m0/s1. The number of halogens is 1. The van der Waals surface area contributed by atoms with E-state index in [-0.39, 0.29) is 12.2 Å². The van der Waals surface area contributed by atoms with Gasteiger partial charge in [0.2, 0.25) is 0 Å². The van der Waals surface area contributed by atoms with E-state index >= 15 is 0 Å². The van der Waals surface area contributed by atoms with E-state index < -0.39 is 18.0 Å². The zero-order valence-corrected chi connectivity index (χ0v) is 15.5. The van der Waals surface area contributed by atoms with Crippen LogP contribution in [0.2, 0.25) is 5.02 Å². The van der Waals surface area contributed by atoms with E-state index in [1.807, 2.05) is 0 Å².